The number of carbonyl (C=O) groups excluding carboxylic acids is 1. The van der Waals surface area contributed by atoms with Gasteiger partial charge in [-0.15, -0.1) is 24.2 Å². The number of fused-ring (bicyclic) bond motifs is 1. The van der Waals surface area contributed by atoms with Gasteiger partial charge in [-0.1, -0.05) is 18.2 Å². The van der Waals surface area contributed by atoms with Gasteiger partial charge in [-0.2, -0.15) is 0 Å². The molecule has 2 aromatic carbocycles. The lowest BCUT2D eigenvalue weighted by molar-refractivity contribution is -0.134. The number of amides is 1. The van der Waals surface area contributed by atoms with Gasteiger partial charge >= 0.3 is 0 Å². The summed E-state index contributed by atoms with van der Waals surface area (Å²) in [4.78, 5) is 12.3. The Balaban J connectivity index is 0.00000342. The summed E-state index contributed by atoms with van der Waals surface area (Å²) in [5.41, 5.74) is 2.73. The summed E-state index contributed by atoms with van der Waals surface area (Å²) >= 11 is 1.77. The van der Waals surface area contributed by atoms with Crippen molar-refractivity contribution in [3.63, 3.8) is 0 Å². The number of sulfone groups is 1. The molecule has 2 heterocycles. The molecule has 3 aromatic rings. The first-order valence-electron chi connectivity index (χ1n) is 11.1. The summed E-state index contributed by atoms with van der Waals surface area (Å²) in [5, 5.41) is 11.6. The van der Waals surface area contributed by atoms with Crippen LogP contribution in [0, 0.1) is 0 Å². The number of nitrogens with one attached hydrogen (secondary N) is 1. The Morgan fingerprint density at radius 2 is 1.86 bits per heavy atom. The van der Waals surface area contributed by atoms with Gasteiger partial charge in [0.15, 0.2) is 14.6 Å². The van der Waals surface area contributed by atoms with Crippen LogP contribution in [0.5, 0.6) is 5.75 Å². The van der Waals surface area contributed by atoms with Crippen LogP contribution in [-0.4, -0.2) is 54.4 Å². The normalized spacial score (nSPS) is 15.4. The van der Waals surface area contributed by atoms with Gasteiger partial charge in [-0.25, -0.2) is 13.9 Å². The predicted molar refractivity (Wildman–Crippen MR) is 137 cm³/mol. The van der Waals surface area contributed by atoms with E-state index in [1.807, 2.05) is 12.1 Å². The molecule has 11 heteroatoms. The van der Waals surface area contributed by atoms with E-state index in [0.717, 1.165) is 12.2 Å². The molecule has 8 nitrogen and oxygen atoms in total. The molecule has 1 aliphatic heterocycles. The highest BCUT2D eigenvalue weighted by Gasteiger charge is 2.52. The van der Waals surface area contributed by atoms with E-state index in [2.05, 4.69) is 29.8 Å². The number of benzene rings is 2. The molecule has 1 amide bonds. The largest absolute Gasteiger partial charge is 0.494 e. The average Bonchev–Trinajstić information content (AvgIpc) is 3.19. The number of carbonyl (C=O) groups is 1. The molecule has 0 aliphatic carbocycles. The number of hydrogen-bond acceptors (Lipinski definition) is 7. The molecule has 0 bridgehead atoms. The number of hydroxylamine groups is 1. The van der Waals surface area contributed by atoms with Gasteiger partial charge in [0.25, 0.3) is 5.91 Å². The van der Waals surface area contributed by atoms with E-state index < -0.39 is 20.5 Å². The third kappa shape index (κ3) is 5.46. The number of halogens is 1. The van der Waals surface area contributed by atoms with Crippen LogP contribution in [0.1, 0.15) is 19.3 Å². The molecular formula is C24H29ClN2O6S2. The number of thioether (sulfide) groups is 1. The maximum atomic E-state index is 13.3. The molecule has 0 spiro atoms. The summed E-state index contributed by atoms with van der Waals surface area (Å²) in [6.07, 6.45) is 0.786. The van der Waals surface area contributed by atoms with Crippen LogP contribution in [0.25, 0.3) is 10.9 Å². The van der Waals surface area contributed by atoms with Gasteiger partial charge in [0.1, 0.15) is 5.75 Å². The van der Waals surface area contributed by atoms with Crippen molar-refractivity contribution >= 4 is 50.8 Å². The lowest BCUT2D eigenvalue weighted by Crippen LogP contribution is -2.54. The van der Waals surface area contributed by atoms with Crippen LogP contribution >= 0.6 is 24.2 Å². The topological polar surface area (TPSA) is 107 Å². The van der Waals surface area contributed by atoms with Gasteiger partial charge in [0, 0.05) is 36.9 Å². The molecule has 0 atom stereocenters. The van der Waals surface area contributed by atoms with Crippen LogP contribution in [0.3, 0.4) is 0 Å². The fraction of sp³-hybridized carbons (Fsp3) is 0.375. The zero-order valence-corrected chi connectivity index (χ0v) is 21.8. The van der Waals surface area contributed by atoms with Crippen molar-refractivity contribution in [3.05, 3.63) is 54.6 Å². The van der Waals surface area contributed by atoms with Crippen LogP contribution in [-0.2, 0) is 26.4 Å². The first-order valence-corrected chi connectivity index (χ1v) is 13.5. The van der Waals surface area contributed by atoms with E-state index in [-0.39, 0.29) is 43.4 Å². The van der Waals surface area contributed by atoms with Crippen molar-refractivity contribution in [2.24, 2.45) is 7.05 Å². The highest BCUT2D eigenvalue weighted by molar-refractivity contribution is 7.99. The standard InChI is InChI=1S/C24H28N2O6S2.ClH/c1-26-21-6-3-2-5-18(21)17-22(26)33-16-4-13-32-19-7-9-20(10-8-19)34(29,30)24(23(27)25-28)11-14-31-15-12-24;/h2-3,5-10,17,28H,4,11-16H2,1H3,(H,25,27);1H. The Kier molecular flexibility index (Phi) is 9.11. The van der Waals surface area contributed by atoms with E-state index in [9.17, 15) is 13.2 Å². The molecule has 0 unspecified atom stereocenters. The zero-order chi connectivity index (χ0) is 24.2. The summed E-state index contributed by atoms with van der Waals surface area (Å²) in [5.74, 6) is 0.512. The van der Waals surface area contributed by atoms with Gasteiger partial charge in [-0.3, -0.25) is 10.0 Å². The van der Waals surface area contributed by atoms with Gasteiger partial charge < -0.3 is 14.0 Å². The zero-order valence-electron chi connectivity index (χ0n) is 19.3. The first-order chi connectivity index (χ1) is 16.4. The Hall–Kier alpha value is -2.24. The quantitative estimate of drug-likeness (QED) is 0.183. The van der Waals surface area contributed by atoms with Crippen molar-refractivity contribution in [1.29, 1.82) is 0 Å². The minimum Gasteiger partial charge on any atom is -0.494 e. The minimum atomic E-state index is -4.04. The lowest BCUT2D eigenvalue weighted by atomic mass is 9.98. The molecule has 2 N–H and O–H groups in total. The third-order valence-electron chi connectivity index (χ3n) is 6.18. The second-order valence-corrected chi connectivity index (χ2v) is 11.5. The van der Waals surface area contributed by atoms with Crippen LogP contribution < -0.4 is 10.2 Å². The Morgan fingerprint density at radius 1 is 1.17 bits per heavy atom. The van der Waals surface area contributed by atoms with E-state index in [1.165, 1.54) is 33.5 Å². The van der Waals surface area contributed by atoms with Crippen molar-refractivity contribution in [2.45, 2.75) is 33.9 Å². The van der Waals surface area contributed by atoms with Crippen molar-refractivity contribution < 1.29 is 27.9 Å². The third-order valence-corrected chi connectivity index (χ3v) is 9.87. The molecule has 1 aliphatic rings. The monoisotopic (exact) mass is 540 g/mol. The highest BCUT2D eigenvalue weighted by Crippen LogP contribution is 2.36. The molecule has 4 rings (SSSR count). The molecule has 0 saturated carbocycles. The molecule has 1 saturated heterocycles. The number of aryl methyl sites for hydroxylation is 1. The van der Waals surface area contributed by atoms with E-state index >= 15 is 0 Å². The minimum absolute atomic E-state index is 0. The van der Waals surface area contributed by atoms with Gasteiger partial charge in [0.05, 0.1) is 16.5 Å². The van der Waals surface area contributed by atoms with Gasteiger partial charge in [0.2, 0.25) is 0 Å². The van der Waals surface area contributed by atoms with Crippen LogP contribution in [0.2, 0.25) is 0 Å². The molecule has 1 fully saturated rings. The van der Waals surface area contributed by atoms with E-state index in [0.29, 0.717) is 12.4 Å². The predicted octanol–water partition coefficient (Wildman–Crippen LogP) is 3.99. The number of nitrogens with zero attached hydrogens (tertiary/aromatic N) is 1. The lowest BCUT2D eigenvalue weighted by Gasteiger charge is -2.34. The molecule has 35 heavy (non-hydrogen) atoms. The fourth-order valence-electron chi connectivity index (χ4n) is 4.19. The molecule has 0 radical (unpaired) electrons. The smallest absolute Gasteiger partial charge is 0.265 e. The maximum Gasteiger partial charge on any atom is 0.265 e. The number of ether oxygens (including phenoxy) is 2. The SMILES string of the molecule is Cl.Cn1c(SCCCOc2ccc(S(=O)(=O)C3(C(=O)NO)CCOCC3)cc2)cc2ccccc21. The number of hydrogen-bond donors (Lipinski definition) is 2. The summed E-state index contributed by atoms with van der Waals surface area (Å²) in [6, 6.07) is 16.5. The molecule has 1 aromatic heterocycles. The molecular weight excluding hydrogens is 512 g/mol. The van der Waals surface area contributed by atoms with E-state index in [1.54, 1.807) is 23.9 Å². The van der Waals surface area contributed by atoms with Crippen LogP contribution in [0.4, 0.5) is 0 Å². The van der Waals surface area contributed by atoms with Crippen molar-refractivity contribution in [3.8, 4) is 5.75 Å². The second-order valence-electron chi connectivity index (χ2n) is 8.17. The van der Waals surface area contributed by atoms with Gasteiger partial charge in [-0.05, 0) is 55.7 Å². The van der Waals surface area contributed by atoms with Crippen molar-refractivity contribution in [2.75, 3.05) is 25.6 Å². The highest BCUT2D eigenvalue weighted by atomic mass is 35.5. The fourth-order valence-corrected chi connectivity index (χ4v) is 7.10. The number of para-hydroxylation sites is 1. The Labute approximate surface area is 215 Å². The van der Waals surface area contributed by atoms with Crippen LogP contribution in [0.15, 0.2) is 64.5 Å². The first kappa shape index (κ1) is 27.3. The summed E-state index contributed by atoms with van der Waals surface area (Å²) < 4.78 is 38.0. The second kappa shape index (κ2) is 11.7. The average molecular weight is 541 g/mol. The summed E-state index contributed by atoms with van der Waals surface area (Å²) in [6.45, 7) is 0.756. The Bertz CT molecular complexity index is 1250. The van der Waals surface area contributed by atoms with E-state index in [4.69, 9.17) is 14.7 Å². The summed E-state index contributed by atoms with van der Waals surface area (Å²) in [7, 11) is -1.98. The number of rotatable bonds is 9. The Morgan fingerprint density at radius 3 is 2.51 bits per heavy atom. The molecule has 190 valence electrons. The van der Waals surface area contributed by atoms with Crippen molar-refractivity contribution in [1.82, 2.24) is 10.0 Å². The maximum absolute atomic E-state index is 13.3. The number of aromatic nitrogens is 1.